The normalized spacial score (nSPS) is 15.7. The van der Waals surface area contributed by atoms with Gasteiger partial charge in [0, 0.05) is 43.6 Å². The number of rotatable bonds is 4. The van der Waals surface area contributed by atoms with Crippen LogP contribution >= 0.6 is 0 Å². The van der Waals surface area contributed by atoms with E-state index in [1.54, 1.807) is 7.11 Å². The minimum absolute atomic E-state index is 0.694. The molecule has 1 saturated heterocycles. The van der Waals surface area contributed by atoms with Gasteiger partial charge < -0.3 is 9.64 Å². The van der Waals surface area contributed by atoms with Crippen LogP contribution < -0.4 is 9.64 Å². The Morgan fingerprint density at radius 3 is 2.76 bits per heavy atom. The number of methoxy groups -OCH3 is 1. The summed E-state index contributed by atoms with van der Waals surface area (Å²) >= 11 is 0. The Balaban J connectivity index is 1.57. The van der Waals surface area contributed by atoms with Gasteiger partial charge in [-0.2, -0.15) is 5.10 Å². The van der Waals surface area contributed by atoms with Gasteiger partial charge in [-0.25, -0.2) is 0 Å². The van der Waals surface area contributed by atoms with Crippen LogP contribution in [0, 0.1) is 12.8 Å². The van der Waals surface area contributed by atoms with Crippen molar-refractivity contribution < 1.29 is 4.74 Å². The molecule has 5 nitrogen and oxygen atoms in total. The van der Waals surface area contributed by atoms with Crippen LogP contribution in [-0.4, -0.2) is 35.0 Å². The summed E-state index contributed by atoms with van der Waals surface area (Å²) in [4.78, 5) is 7.12. The monoisotopic (exact) mass is 336 g/mol. The lowest BCUT2D eigenvalue weighted by Gasteiger charge is -2.35. The SMILES string of the molecule is COc1cccc2c(N3CCC(Cn4cccn4)CC3)c(C)cnc12. The lowest BCUT2D eigenvalue weighted by molar-refractivity contribution is 0.342. The highest BCUT2D eigenvalue weighted by Gasteiger charge is 2.23. The van der Waals surface area contributed by atoms with Gasteiger partial charge in [-0.3, -0.25) is 9.67 Å². The second kappa shape index (κ2) is 6.75. The molecule has 5 heteroatoms. The second-order valence-corrected chi connectivity index (χ2v) is 6.80. The molecule has 2 aromatic heterocycles. The maximum Gasteiger partial charge on any atom is 0.145 e. The molecule has 0 N–H and O–H groups in total. The third-order valence-corrected chi connectivity index (χ3v) is 5.17. The topological polar surface area (TPSA) is 43.2 Å². The first-order valence-corrected chi connectivity index (χ1v) is 8.91. The Morgan fingerprint density at radius 1 is 1.20 bits per heavy atom. The molecule has 0 atom stereocenters. The van der Waals surface area contributed by atoms with Crippen LogP contribution in [0.5, 0.6) is 5.75 Å². The van der Waals surface area contributed by atoms with Crippen molar-refractivity contribution in [1.29, 1.82) is 0 Å². The van der Waals surface area contributed by atoms with Crippen molar-refractivity contribution in [3.8, 4) is 5.75 Å². The van der Waals surface area contributed by atoms with Crippen molar-refractivity contribution in [3.05, 3.63) is 48.4 Å². The molecule has 0 bridgehead atoms. The number of hydrogen-bond acceptors (Lipinski definition) is 4. The van der Waals surface area contributed by atoms with E-state index in [0.29, 0.717) is 5.92 Å². The van der Waals surface area contributed by atoms with E-state index in [4.69, 9.17) is 4.74 Å². The summed E-state index contributed by atoms with van der Waals surface area (Å²) < 4.78 is 7.55. The smallest absolute Gasteiger partial charge is 0.145 e. The predicted molar refractivity (Wildman–Crippen MR) is 100 cm³/mol. The molecule has 0 amide bonds. The number of nitrogens with zero attached hydrogens (tertiary/aromatic N) is 4. The highest BCUT2D eigenvalue weighted by Crippen LogP contribution is 2.35. The molecular formula is C20H24N4O. The number of para-hydroxylation sites is 1. The number of piperidine rings is 1. The number of benzene rings is 1. The summed E-state index contributed by atoms with van der Waals surface area (Å²) in [5.41, 5.74) is 3.48. The number of fused-ring (bicyclic) bond motifs is 1. The van der Waals surface area contributed by atoms with E-state index in [1.165, 1.54) is 29.5 Å². The molecule has 4 rings (SSSR count). The second-order valence-electron chi connectivity index (χ2n) is 6.80. The molecule has 0 aliphatic carbocycles. The Labute approximate surface area is 148 Å². The minimum atomic E-state index is 0.694. The third kappa shape index (κ3) is 3.06. The van der Waals surface area contributed by atoms with Gasteiger partial charge in [-0.05, 0) is 43.4 Å². The van der Waals surface area contributed by atoms with Crippen molar-refractivity contribution in [3.63, 3.8) is 0 Å². The Hall–Kier alpha value is -2.56. The quantitative estimate of drug-likeness (QED) is 0.729. The van der Waals surface area contributed by atoms with Crippen LogP contribution in [0.15, 0.2) is 42.9 Å². The van der Waals surface area contributed by atoms with E-state index in [0.717, 1.165) is 30.9 Å². The van der Waals surface area contributed by atoms with Gasteiger partial charge >= 0.3 is 0 Å². The first kappa shape index (κ1) is 15.9. The maximum atomic E-state index is 5.49. The first-order chi connectivity index (χ1) is 12.3. The molecule has 0 unspecified atom stereocenters. The highest BCUT2D eigenvalue weighted by atomic mass is 16.5. The summed E-state index contributed by atoms with van der Waals surface area (Å²) in [6, 6.07) is 8.18. The Bertz CT molecular complexity index is 852. The molecule has 1 aliphatic rings. The zero-order valence-electron chi connectivity index (χ0n) is 14.9. The lowest BCUT2D eigenvalue weighted by atomic mass is 9.95. The van der Waals surface area contributed by atoms with Crippen LogP contribution in [0.1, 0.15) is 18.4 Å². The summed E-state index contributed by atoms with van der Waals surface area (Å²) in [5, 5.41) is 5.53. The Kier molecular flexibility index (Phi) is 4.30. The molecule has 0 saturated carbocycles. The zero-order valence-corrected chi connectivity index (χ0v) is 14.9. The van der Waals surface area contributed by atoms with Crippen molar-refractivity contribution in [2.45, 2.75) is 26.3 Å². The predicted octanol–water partition coefficient (Wildman–Crippen LogP) is 3.66. The lowest BCUT2D eigenvalue weighted by Crippen LogP contribution is -2.35. The molecule has 1 aromatic carbocycles. The number of aromatic nitrogens is 3. The number of ether oxygens (including phenoxy) is 1. The van der Waals surface area contributed by atoms with Crippen LogP contribution in [-0.2, 0) is 6.54 Å². The molecule has 130 valence electrons. The largest absolute Gasteiger partial charge is 0.494 e. The van der Waals surface area contributed by atoms with Crippen molar-refractivity contribution in [2.24, 2.45) is 5.92 Å². The van der Waals surface area contributed by atoms with Crippen molar-refractivity contribution in [1.82, 2.24) is 14.8 Å². The van der Waals surface area contributed by atoms with E-state index in [9.17, 15) is 0 Å². The average molecular weight is 336 g/mol. The fourth-order valence-corrected chi connectivity index (χ4v) is 3.88. The molecule has 3 aromatic rings. The zero-order chi connectivity index (χ0) is 17.2. The van der Waals surface area contributed by atoms with Gasteiger partial charge in [0.15, 0.2) is 0 Å². The van der Waals surface area contributed by atoms with Gasteiger partial charge in [-0.15, -0.1) is 0 Å². The third-order valence-electron chi connectivity index (χ3n) is 5.17. The van der Waals surface area contributed by atoms with Gasteiger partial charge in [0.05, 0.1) is 12.8 Å². The van der Waals surface area contributed by atoms with Crippen LogP contribution in [0.3, 0.4) is 0 Å². The molecule has 1 fully saturated rings. The maximum absolute atomic E-state index is 5.49. The fourth-order valence-electron chi connectivity index (χ4n) is 3.88. The van der Waals surface area contributed by atoms with Gasteiger partial charge in [0.25, 0.3) is 0 Å². The number of hydrogen-bond donors (Lipinski definition) is 0. The van der Waals surface area contributed by atoms with E-state index in [-0.39, 0.29) is 0 Å². The number of aryl methyl sites for hydroxylation is 1. The van der Waals surface area contributed by atoms with E-state index in [2.05, 4.69) is 44.9 Å². The molecule has 25 heavy (non-hydrogen) atoms. The van der Waals surface area contributed by atoms with Gasteiger partial charge in [0.2, 0.25) is 0 Å². The summed E-state index contributed by atoms with van der Waals surface area (Å²) in [6.45, 7) is 5.31. The summed E-state index contributed by atoms with van der Waals surface area (Å²) in [5.74, 6) is 1.53. The van der Waals surface area contributed by atoms with Crippen LogP contribution in [0.25, 0.3) is 10.9 Å². The number of anilines is 1. The first-order valence-electron chi connectivity index (χ1n) is 8.91. The van der Waals surface area contributed by atoms with Crippen LogP contribution in [0.2, 0.25) is 0 Å². The van der Waals surface area contributed by atoms with E-state index in [1.807, 2.05) is 24.5 Å². The average Bonchev–Trinajstić information content (AvgIpc) is 3.15. The number of pyridine rings is 1. The van der Waals surface area contributed by atoms with Crippen molar-refractivity contribution in [2.75, 3.05) is 25.1 Å². The standard InChI is InChI=1S/C20H24N4O/c1-15-13-21-19-17(5-3-6-18(19)25-2)20(15)23-11-7-16(8-12-23)14-24-10-4-9-22-24/h3-6,9-10,13,16H,7-8,11-12,14H2,1-2H3. The minimum Gasteiger partial charge on any atom is -0.494 e. The summed E-state index contributed by atoms with van der Waals surface area (Å²) in [6.07, 6.45) is 8.25. The highest BCUT2D eigenvalue weighted by molar-refractivity contribution is 5.96. The molecule has 3 heterocycles. The van der Waals surface area contributed by atoms with Gasteiger partial charge in [-0.1, -0.05) is 12.1 Å². The Morgan fingerprint density at radius 2 is 2.04 bits per heavy atom. The van der Waals surface area contributed by atoms with E-state index < -0.39 is 0 Å². The fraction of sp³-hybridized carbons (Fsp3) is 0.400. The molecule has 0 spiro atoms. The van der Waals surface area contributed by atoms with Gasteiger partial charge in [0.1, 0.15) is 11.3 Å². The molecule has 0 radical (unpaired) electrons. The molecule has 1 aliphatic heterocycles. The summed E-state index contributed by atoms with van der Waals surface area (Å²) in [7, 11) is 1.71. The molecular weight excluding hydrogens is 312 g/mol. The van der Waals surface area contributed by atoms with Crippen LogP contribution in [0.4, 0.5) is 5.69 Å². The van der Waals surface area contributed by atoms with Crippen molar-refractivity contribution >= 4 is 16.6 Å². The van der Waals surface area contributed by atoms with E-state index >= 15 is 0 Å².